The van der Waals surface area contributed by atoms with Gasteiger partial charge in [0.15, 0.2) is 5.69 Å². The van der Waals surface area contributed by atoms with Crippen LogP contribution in [0.25, 0.3) is 0 Å². The van der Waals surface area contributed by atoms with E-state index in [2.05, 4.69) is 26.3 Å². The van der Waals surface area contributed by atoms with Crippen molar-refractivity contribution in [3.63, 3.8) is 0 Å². The van der Waals surface area contributed by atoms with E-state index in [-0.39, 0.29) is 5.91 Å². The van der Waals surface area contributed by atoms with Gasteiger partial charge in [0.05, 0.1) is 17.9 Å². The zero-order valence-electron chi connectivity index (χ0n) is 8.12. The first-order valence-electron chi connectivity index (χ1n) is 4.61. The quantitative estimate of drug-likeness (QED) is 0.667. The Morgan fingerprint density at radius 1 is 1.50 bits per heavy atom. The highest BCUT2D eigenvalue weighted by Crippen LogP contribution is 1.93. The molecule has 0 saturated carbocycles. The Bertz CT molecular complexity index is 262. The molecule has 0 bridgehead atoms. The predicted molar refractivity (Wildman–Crippen MR) is 55.4 cm³/mol. The summed E-state index contributed by atoms with van der Waals surface area (Å²) in [6, 6.07) is 0. The van der Waals surface area contributed by atoms with Crippen LogP contribution in [-0.4, -0.2) is 34.3 Å². The molecule has 0 aliphatic rings. The van der Waals surface area contributed by atoms with Crippen molar-refractivity contribution in [1.29, 1.82) is 0 Å². The van der Waals surface area contributed by atoms with Crippen molar-refractivity contribution in [2.45, 2.75) is 13.3 Å². The third-order valence-electron chi connectivity index (χ3n) is 1.61. The summed E-state index contributed by atoms with van der Waals surface area (Å²) >= 11 is 1.04. The van der Waals surface area contributed by atoms with E-state index in [0.717, 1.165) is 31.2 Å². The fourth-order valence-electron chi connectivity index (χ4n) is 0.921. The average Bonchev–Trinajstić information content (AvgIpc) is 2.70. The highest BCUT2D eigenvalue weighted by Gasteiger charge is 2.06. The summed E-state index contributed by atoms with van der Waals surface area (Å²) in [6.07, 6.45) is 2.57. The number of aromatic nitrogens is 2. The maximum Gasteiger partial charge on any atom is 0.272 e. The Morgan fingerprint density at radius 3 is 3.00 bits per heavy atom. The van der Waals surface area contributed by atoms with Crippen LogP contribution in [0.5, 0.6) is 0 Å². The molecule has 0 unspecified atom stereocenters. The molecule has 0 aliphatic heterocycles. The minimum atomic E-state index is -0.156. The van der Waals surface area contributed by atoms with Gasteiger partial charge in [0.1, 0.15) is 0 Å². The molecular weight excluding hydrogens is 200 g/mol. The topological polar surface area (TPSA) is 66.9 Å². The van der Waals surface area contributed by atoms with Crippen LogP contribution in [0.4, 0.5) is 0 Å². The summed E-state index contributed by atoms with van der Waals surface area (Å²) in [4.78, 5) is 11.3. The number of carbonyl (C=O) groups is 1. The number of hydrogen-bond acceptors (Lipinski definition) is 5. The molecule has 6 heteroatoms. The number of nitrogens with zero attached hydrogens (tertiary/aromatic N) is 2. The Hall–Kier alpha value is -1.01. The van der Waals surface area contributed by atoms with Gasteiger partial charge < -0.3 is 10.6 Å². The standard InChI is InChI=1S/C8H14N4OS/c1-2-3-9-4-5-10-8(13)7-6-11-14-12-7/h6,9H,2-5H2,1H3,(H,10,13). The molecule has 0 radical (unpaired) electrons. The van der Waals surface area contributed by atoms with E-state index in [9.17, 15) is 4.79 Å². The van der Waals surface area contributed by atoms with Crippen molar-refractivity contribution in [2.75, 3.05) is 19.6 Å². The first kappa shape index (κ1) is 11.1. The number of amides is 1. The number of carbonyl (C=O) groups excluding carboxylic acids is 1. The highest BCUT2D eigenvalue weighted by molar-refractivity contribution is 6.99. The molecule has 0 fully saturated rings. The van der Waals surface area contributed by atoms with Crippen molar-refractivity contribution in [1.82, 2.24) is 19.4 Å². The van der Waals surface area contributed by atoms with E-state index in [1.807, 2.05) is 0 Å². The molecule has 1 amide bonds. The molecule has 78 valence electrons. The zero-order valence-corrected chi connectivity index (χ0v) is 8.93. The second-order valence-corrected chi connectivity index (χ2v) is 3.36. The van der Waals surface area contributed by atoms with E-state index >= 15 is 0 Å². The molecular formula is C8H14N4OS. The number of nitrogens with one attached hydrogen (secondary N) is 2. The van der Waals surface area contributed by atoms with Crippen molar-refractivity contribution in [3.8, 4) is 0 Å². The van der Waals surface area contributed by atoms with Gasteiger partial charge in [-0.25, -0.2) is 0 Å². The first-order chi connectivity index (χ1) is 6.84. The Morgan fingerprint density at radius 2 is 2.36 bits per heavy atom. The molecule has 1 aromatic heterocycles. The molecule has 2 N–H and O–H groups in total. The summed E-state index contributed by atoms with van der Waals surface area (Å²) in [5.41, 5.74) is 0.394. The number of hydrogen-bond donors (Lipinski definition) is 2. The first-order valence-corrected chi connectivity index (χ1v) is 5.34. The van der Waals surface area contributed by atoms with Gasteiger partial charge in [0.25, 0.3) is 5.91 Å². The molecule has 0 aliphatic carbocycles. The molecule has 0 atom stereocenters. The lowest BCUT2D eigenvalue weighted by Gasteiger charge is -2.03. The molecule has 1 rings (SSSR count). The van der Waals surface area contributed by atoms with Gasteiger partial charge in [-0.15, -0.1) is 0 Å². The minimum absolute atomic E-state index is 0.156. The number of rotatable bonds is 6. The largest absolute Gasteiger partial charge is 0.349 e. The third-order valence-corrected chi connectivity index (χ3v) is 2.09. The highest BCUT2D eigenvalue weighted by atomic mass is 32.1. The van der Waals surface area contributed by atoms with Crippen LogP contribution in [0.3, 0.4) is 0 Å². The van der Waals surface area contributed by atoms with Gasteiger partial charge in [-0.2, -0.15) is 8.75 Å². The van der Waals surface area contributed by atoms with E-state index in [1.165, 1.54) is 6.20 Å². The van der Waals surface area contributed by atoms with Gasteiger partial charge in [0, 0.05) is 13.1 Å². The average molecular weight is 214 g/mol. The van der Waals surface area contributed by atoms with Crippen molar-refractivity contribution < 1.29 is 4.79 Å². The fourth-order valence-corrected chi connectivity index (χ4v) is 1.33. The van der Waals surface area contributed by atoms with Crippen LogP contribution >= 0.6 is 11.7 Å². The molecule has 1 heterocycles. The van der Waals surface area contributed by atoms with Gasteiger partial charge >= 0.3 is 0 Å². The maximum absolute atomic E-state index is 11.3. The third kappa shape index (κ3) is 3.80. The molecule has 14 heavy (non-hydrogen) atoms. The predicted octanol–water partition coefficient (Wildman–Crippen LogP) is 0.267. The normalized spacial score (nSPS) is 10.1. The summed E-state index contributed by atoms with van der Waals surface area (Å²) in [5, 5.41) is 5.93. The van der Waals surface area contributed by atoms with Gasteiger partial charge in [-0.05, 0) is 13.0 Å². The van der Waals surface area contributed by atoms with Crippen LogP contribution in [0.15, 0.2) is 6.20 Å². The van der Waals surface area contributed by atoms with E-state index < -0.39 is 0 Å². The lowest BCUT2D eigenvalue weighted by Crippen LogP contribution is -2.32. The maximum atomic E-state index is 11.3. The minimum Gasteiger partial charge on any atom is -0.349 e. The van der Waals surface area contributed by atoms with Gasteiger partial charge in [-0.1, -0.05) is 6.92 Å². The van der Waals surface area contributed by atoms with Gasteiger partial charge in [0.2, 0.25) is 0 Å². The fraction of sp³-hybridized carbons (Fsp3) is 0.625. The van der Waals surface area contributed by atoms with Crippen molar-refractivity contribution in [2.24, 2.45) is 0 Å². The van der Waals surface area contributed by atoms with Crippen molar-refractivity contribution in [3.05, 3.63) is 11.9 Å². The molecule has 0 saturated heterocycles. The molecule has 1 aromatic rings. The summed E-state index contributed by atoms with van der Waals surface area (Å²) < 4.78 is 7.58. The summed E-state index contributed by atoms with van der Waals surface area (Å²) in [7, 11) is 0. The SMILES string of the molecule is CCCNCCNC(=O)c1cnsn1. The Labute approximate surface area is 87.2 Å². The Balaban J connectivity index is 2.10. The summed E-state index contributed by atoms with van der Waals surface area (Å²) in [6.45, 7) is 4.49. The molecule has 5 nitrogen and oxygen atoms in total. The zero-order chi connectivity index (χ0) is 10.2. The molecule has 0 spiro atoms. The summed E-state index contributed by atoms with van der Waals surface area (Å²) in [5.74, 6) is -0.156. The van der Waals surface area contributed by atoms with E-state index in [4.69, 9.17) is 0 Å². The van der Waals surface area contributed by atoms with E-state index in [1.54, 1.807) is 0 Å². The Kier molecular flexibility index (Phi) is 5.09. The van der Waals surface area contributed by atoms with Crippen LogP contribution < -0.4 is 10.6 Å². The van der Waals surface area contributed by atoms with Crippen LogP contribution in [0.1, 0.15) is 23.8 Å². The van der Waals surface area contributed by atoms with Crippen molar-refractivity contribution >= 4 is 17.6 Å². The smallest absolute Gasteiger partial charge is 0.272 e. The van der Waals surface area contributed by atoms with Crippen LogP contribution in [-0.2, 0) is 0 Å². The van der Waals surface area contributed by atoms with Crippen LogP contribution in [0.2, 0.25) is 0 Å². The van der Waals surface area contributed by atoms with Crippen LogP contribution in [0, 0.1) is 0 Å². The lowest BCUT2D eigenvalue weighted by molar-refractivity contribution is 0.0950. The second kappa shape index (κ2) is 6.44. The van der Waals surface area contributed by atoms with E-state index in [0.29, 0.717) is 12.2 Å². The monoisotopic (exact) mass is 214 g/mol. The lowest BCUT2D eigenvalue weighted by atomic mass is 10.4. The van der Waals surface area contributed by atoms with Gasteiger partial charge in [-0.3, -0.25) is 4.79 Å². The molecule has 0 aromatic carbocycles. The second-order valence-electron chi connectivity index (χ2n) is 2.80.